The molecule has 0 radical (unpaired) electrons. The lowest BCUT2D eigenvalue weighted by molar-refractivity contribution is 0.159. The van der Waals surface area contributed by atoms with Gasteiger partial charge in [0.15, 0.2) is 0 Å². The van der Waals surface area contributed by atoms with Crippen LogP contribution in [0.1, 0.15) is 71.1 Å². The molecule has 0 saturated heterocycles. The molecule has 102 valence electrons. The van der Waals surface area contributed by atoms with Crippen molar-refractivity contribution >= 4 is 0 Å². The largest absolute Gasteiger partial charge is 0.388 e. The highest BCUT2D eigenvalue weighted by Crippen LogP contribution is 2.31. The van der Waals surface area contributed by atoms with E-state index in [9.17, 15) is 5.11 Å². The van der Waals surface area contributed by atoms with Crippen LogP contribution in [0.25, 0.3) is 0 Å². The van der Waals surface area contributed by atoms with E-state index in [4.69, 9.17) is 0 Å². The summed E-state index contributed by atoms with van der Waals surface area (Å²) in [6.45, 7) is 11.1. The highest BCUT2D eigenvalue weighted by atomic mass is 16.3. The minimum Gasteiger partial charge on any atom is -0.388 e. The molecule has 0 spiro atoms. The van der Waals surface area contributed by atoms with Crippen molar-refractivity contribution in [1.82, 2.24) is 0 Å². The van der Waals surface area contributed by atoms with Crippen LogP contribution < -0.4 is 0 Å². The molecule has 18 heavy (non-hydrogen) atoms. The van der Waals surface area contributed by atoms with Crippen LogP contribution in [0.2, 0.25) is 0 Å². The first-order valence-corrected chi connectivity index (χ1v) is 7.10. The Morgan fingerprint density at radius 2 is 1.67 bits per heavy atom. The Hall–Kier alpha value is -0.820. The standard InChI is InChI=1S/C17H28O/c1-13(2)9-8-12-16(18)14-10-6-7-11-15(14)17(3,4)5/h6-7,10-11,13,16,18H,8-9,12H2,1-5H3. The van der Waals surface area contributed by atoms with Gasteiger partial charge in [-0.15, -0.1) is 0 Å². The lowest BCUT2D eigenvalue weighted by Crippen LogP contribution is -2.16. The Labute approximate surface area is 112 Å². The van der Waals surface area contributed by atoms with Crippen molar-refractivity contribution in [2.24, 2.45) is 5.92 Å². The van der Waals surface area contributed by atoms with E-state index >= 15 is 0 Å². The van der Waals surface area contributed by atoms with Crippen LogP contribution in [-0.2, 0) is 5.41 Å². The monoisotopic (exact) mass is 248 g/mol. The van der Waals surface area contributed by atoms with Crippen LogP contribution in [0.4, 0.5) is 0 Å². The highest BCUT2D eigenvalue weighted by molar-refractivity contribution is 5.34. The second-order valence-electron chi connectivity index (χ2n) is 6.68. The second kappa shape index (κ2) is 6.38. The molecule has 0 aliphatic heterocycles. The van der Waals surface area contributed by atoms with E-state index in [2.05, 4.69) is 52.8 Å². The summed E-state index contributed by atoms with van der Waals surface area (Å²) in [5, 5.41) is 10.4. The van der Waals surface area contributed by atoms with E-state index in [1.54, 1.807) is 0 Å². The van der Waals surface area contributed by atoms with Crippen LogP contribution >= 0.6 is 0 Å². The van der Waals surface area contributed by atoms with E-state index in [0.29, 0.717) is 0 Å². The lowest BCUT2D eigenvalue weighted by Gasteiger charge is -2.25. The number of aliphatic hydroxyl groups is 1. The van der Waals surface area contributed by atoms with Gasteiger partial charge >= 0.3 is 0 Å². The van der Waals surface area contributed by atoms with E-state index < -0.39 is 0 Å². The minimum atomic E-state index is -0.320. The number of hydrogen-bond donors (Lipinski definition) is 1. The Morgan fingerprint density at radius 1 is 1.06 bits per heavy atom. The van der Waals surface area contributed by atoms with E-state index in [1.807, 2.05) is 6.07 Å². The maximum atomic E-state index is 10.4. The third kappa shape index (κ3) is 4.45. The predicted molar refractivity (Wildman–Crippen MR) is 78.8 cm³/mol. The second-order valence-corrected chi connectivity index (χ2v) is 6.68. The quantitative estimate of drug-likeness (QED) is 0.790. The van der Waals surface area contributed by atoms with Crippen LogP contribution in [0, 0.1) is 5.92 Å². The number of rotatable bonds is 5. The predicted octanol–water partition coefficient (Wildman–Crippen LogP) is 4.84. The van der Waals surface area contributed by atoms with Gasteiger partial charge < -0.3 is 5.11 Å². The molecule has 1 nitrogen and oxygen atoms in total. The Bertz CT molecular complexity index is 360. The van der Waals surface area contributed by atoms with Crippen molar-refractivity contribution in [3.05, 3.63) is 35.4 Å². The van der Waals surface area contributed by atoms with Gasteiger partial charge in [0.1, 0.15) is 0 Å². The fraction of sp³-hybridized carbons (Fsp3) is 0.647. The molecule has 0 fully saturated rings. The summed E-state index contributed by atoms with van der Waals surface area (Å²) >= 11 is 0. The molecule has 1 atom stereocenters. The van der Waals surface area contributed by atoms with Gasteiger partial charge in [-0.3, -0.25) is 0 Å². The third-order valence-corrected chi connectivity index (χ3v) is 3.39. The molecule has 1 N–H and O–H groups in total. The molecule has 0 amide bonds. The highest BCUT2D eigenvalue weighted by Gasteiger charge is 2.20. The average molecular weight is 248 g/mol. The average Bonchev–Trinajstić information content (AvgIpc) is 2.27. The summed E-state index contributed by atoms with van der Waals surface area (Å²) in [6, 6.07) is 8.29. The van der Waals surface area contributed by atoms with Crippen LogP contribution in [0.15, 0.2) is 24.3 Å². The molecule has 0 aliphatic rings. The molecule has 0 saturated carbocycles. The summed E-state index contributed by atoms with van der Waals surface area (Å²) in [5.74, 6) is 0.718. The zero-order valence-corrected chi connectivity index (χ0v) is 12.5. The Morgan fingerprint density at radius 3 is 2.22 bits per heavy atom. The topological polar surface area (TPSA) is 20.2 Å². The van der Waals surface area contributed by atoms with Gasteiger partial charge in [0.2, 0.25) is 0 Å². The molecular formula is C17H28O. The van der Waals surface area contributed by atoms with Crippen molar-refractivity contribution in [2.45, 2.75) is 65.4 Å². The molecule has 0 aromatic heterocycles. The van der Waals surface area contributed by atoms with Crippen molar-refractivity contribution in [2.75, 3.05) is 0 Å². The van der Waals surface area contributed by atoms with Gasteiger partial charge in [0.05, 0.1) is 6.10 Å². The van der Waals surface area contributed by atoms with Gasteiger partial charge in [-0.2, -0.15) is 0 Å². The summed E-state index contributed by atoms with van der Waals surface area (Å²) in [4.78, 5) is 0. The smallest absolute Gasteiger partial charge is 0.0792 e. The number of hydrogen-bond acceptors (Lipinski definition) is 1. The van der Waals surface area contributed by atoms with Crippen molar-refractivity contribution < 1.29 is 5.11 Å². The lowest BCUT2D eigenvalue weighted by atomic mass is 9.81. The molecule has 0 bridgehead atoms. The molecule has 1 unspecified atom stereocenters. The molecule has 0 aliphatic carbocycles. The molecule has 1 heteroatoms. The number of aliphatic hydroxyl groups excluding tert-OH is 1. The molecule has 1 rings (SSSR count). The normalized spacial score (nSPS) is 13.9. The maximum Gasteiger partial charge on any atom is 0.0792 e. The van der Waals surface area contributed by atoms with Crippen LogP contribution in [0.3, 0.4) is 0 Å². The SMILES string of the molecule is CC(C)CCCC(O)c1ccccc1C(C)(C)C. The van der Waals surface area contributed by atoms with Crippen molar-refractivity contribution in [1.29, 1.82) is 0 Å². The van der Waals surface area contributed by atoms with Crippen molar-refractivity contribution in [3.8, 4) is 0 Å². The summed E-state index contributed by atoms with van der Waals surface area (Å²) in [5.41, 5.74) is 2.46. The molecular weight excluding hydrogens is 220 g/mol. The zero-order chi connectivity index (χ0) is 13.8. The van der Waals surface area contributed by atoms with Crippen molar-refractivity contribution in [3.63, 3.8) is 0 Å². The van der Waals surface area contributed by atoms with Crippen LogP contribution in [-0.4, -0.2) is 5.11 Å². The summed E-state index contributed by atoms with van der Waals surface area (Å²) in [6.07, 6.45) is 2.83. The van der Waals surface area contributed by atoms with Gasteiger partial charge in [-0.05, 0) is 28.9 Å². The van der Waals surface area contributed by atoms with E-state index in [1.165, 1.54) is 12.0 Å². The Kier molecular flexibility index (Phi) is 5.40. The fourth-order valence-electron chi connectivity index (χ4n) is 2.35. The first-order valence-electron chi connectivity index (χ1n) is 7.10. The van der Waals surface area contributed by atoms with E-state index in [-0.39, 0.29) is 11.5 Å². The Balaban J connectivity index is 2.76. The molecule has 1 aromatic carbocycles. The van der Waals surface area contributed by atoms with E-state index in [0.717, 1.165) is 24.3 Å². The maximum absolute atomic E-state index is 10.4. The zero-order valence-electron chi connectivity index (χ0n) is 12.5. The van der Waals surface area contributed by atoms with Gasteiger partial charge in [0, 0.05) is 0 Å². The summed E-state index contributed by atoms with van der Waals surface area (Å²) < 4.78 is 0. The fourth-order valence-corrected chi connectivity index (χ4v) is 2.35. The van der Waals surface area contributed by atoms with Gasteiger partial charge in [0.25, 0.3) is 0 Å². The van der Waals surface area contributed by atoms with Crippen LogP contribution in [0.5, 0.6) is 0 Å². The molecule has 0 heterocycles. The van der Waals surface area contributed by atoms with Gasteiger partial charge in [-0.1, -0.05) is 71.7 Å². The third-order valence-electron chi connectivity index (χ3n) is 3.39. The number of benzene rings is 1. The first-order chi connectivity index (χ1) is 8.32. The molecule has 1 aromatic rings. The summed E-state index contributed by atoms with van der Waals surface area (Å²) in [7, 11) is 0. The van der Waals surface area contributed by atoms with Gasteiger partial charge in [-0.25, -0.2) is 0 Å². The minimum absolute atomic E-state index is 0.0929. The first kappa shape index (κ1) is 15.2.